The van der Waals surface area contributed by atoms with Crippen LogP contribution >= 0.6 is 12.4 Å². The standard InChI is InChI=1S/C17H26O4.ClH/c1-5-12(3)10-20-15-8-7-14(17(18)19)9-16(15)21-11-13(4)6-2;/h7-9,12-13H,5-6,10-11H2,1-4H3,(H,18,19);1H/t12-,13-;/m1./s1. The fourth-order valence-electron chi connectivity index (χ4n) is 1.57. The highest BCUT2D eigenvalue weighted by Crippen LogP contribution is 2.29. The third-order valence-electron chi connectivity index (χ3n) is 3.63. The summed E-state index contributed by atoms with van der Waals surface area (Å²) < 4.78 is 11.5. The number of ether oxygens (including phenoxy) is 2. The molecule has 0 aliphatic carbocycles. The van der Waals surface area contributed by atoms with Crippen LogP contribution in [-0.4, -0.2) is 24.3 Å². The van der Waals surface area contributed by atoms with Crippen LogP contribution in [0.25, 0.3) is 0 Å². The Morgan fingerprint density at radius 3 is 2.00 bits per heavy atom. The molecule has 126 valence electrons. The minimum Gasteiger partial charge on any atom is -0.489 e. The Morgan fingerprint density at radius 1 is 1.05 bits per heavy atom. The first-order chi connectivity index (χ1) is 9.97. The number of carbonyl (C=O) groups is 1. The monoisotopic (exact) mass is 330 g/mol. The minimum atomic E-state index is -0.961. The summed E-state index contributed by atoms with van der Waals surface area (Å²) in [4.78, 5) is 11.1. The van der Waals surface area contributed by atoms with E-state index in [0.29, 0.717) is 36.5 Å². The van der Waals surface area contributed by atoms with Crippen molar-refractivity contribution < 1.29 is 19.4 Å². The van der Waals surface area contributed by atoms with E-state index in [2.05, 4.69) is 27.7 Å². The van der Waals surface area contributed by atoms with E-state index in [1.54, 1.807) is 12.1 Å². The molecule has 1 aromatic rings. The molecule has 1 N–H and O–H groups in total. The second-order valence-corrected chi connectivity index (χ2v) is 5.62. The molecule has 0 fully saturated rings. The first-order valence-corrected chi connectivity index (χ1v) is 7.60. The van der Waals surface area contributed by atoms with Gasteiger partial charge in [-0.2, -0.15) is 0 Å². The number of hydrogen-bond acceptors (Lipinski definition) is 3. The molecule has 0 heterocycles. The molecular weight excluding hydrogens is 304 g/mol. The van der Waals surface area contributed by atoms with Crippen molar-refractivity contribution in [2.75, 3.05) is 13.2 Å². The van der Waals surface area contributed by atoms with Gasteiger partial charge >= 0.3 is 5.97 Å². The number of carboxylic acid groups (broad SMARTS) is 1. The van der Waals surface area contributed by atoms with E-state index in [9.17, 15) is 4.79 Å². The zero-order valence-electron chi connectivity index (χ0n) is 13.8. The first kappa shape index (κ1) is 20.6. The number of carboxylic acids is 1. The highest BCUT2D eigenvalue weighted by molar-refractivity contribution is 5.88. The van der Waals surface area contributed by atoms with Gasteiger partial charge in [0.05, 0.1) is 18.8 Å². The smallest absolute Gasteiger partial charge is 0.335 e. The van der Waals surface area contributed by atoms with Crippen molar-refractivity contribution in [1.82, 2.24) is 0 Å². The van der Waals surface area contributed by atoms with Crippen molar-refractivity contribution in [3.05, 3.63) is 23.8 Å². The Bertz CT molecular complexity index is 462. The normalized spacial score (nSPS) is 12.9. The van der Waals surface area contributed by atoms with Gasteiger partial charge < -0.3 is 14.6 Å². The van der Waals surface area contributed by atoms with Gasteiger partial charge in [0.2, 0.25) is 0 Å². The molecular formula is C17H27ClO4. The Balaban J connectivity index is 0.00000441. The lowest BCUT2D eigenvalue weighted by Gasteiger charge is -2.17. The van der Waals surface area contributed by atoms with Crippen molar-refractivity contribution in [3.63, 3.8) is 0 Å². The Labute approximate surface area is 139 Å². The molecule has 2 atom stereocenters. The van der Waals surface area contributed by atoms with Gasteiger partial charge in [0.15, 0.2) is 11.5 Å². The number of halogens is 1. The fraction of sp³-hybridized carbons (Fsp3) is 0.588. The summed E-state index contributed by atoms with van der Waals surface area (Å²) in [6.45, 7) is 9.58. The van der Waals surface area contributed by atoms with Crippen LogP contribution in [0.4, 0.5) is 0 Å². The van der Waals surface area contributed by atoms with Crippen LogP contribution in [-0.2, 0) is 0 Å². The van der Waals surface area contributed by atoms with E-state index in [4.69, 9.17) is 14.6 Å². The van der Waals surface area contributed by atoms with Crippen LogP contribution in [0.2, 0.25) is 0 Å². The van der Waals surface area contributed by atoms with Gasteiger partial charge in [-0.15, -0.1) is 12.4 Å². The summed E-state index contributed by atoms with van der Waals surface area (Å²) in [5, 5.41) is 9.08. The quantitative estimate of drug-likeness (QED) is 0.715. The van der Waals surface area contributed by atoms with Gasteiger partial charge in [0.1, 0.15) is 0 Å². The van der Waals surface area contributed by atoms with E-state index >= 15 is 0 Å². The molecule has 5 heteroatoms. The fourth-order valence-corrected chi connectivity index (χ4v) is 1.57. The largest absolute Gasteiger partial charge is 0.489 e. The van der Waals surface area contributed by atoms with Gasteiger partial charge in [-0.05, 0) is 30.0 Å². The molecule has 22 heavy (non-hydrogen) atoms. The van der Waals surface area contributed by atoms with Gasteiger partial charge in [-0.25, -0.2) is 4.79 Å². The van der Waals surface area contributed by atoms with Gasteiger partial charge in [0, 0.05) is 0 Å². The average molecular weight is 331 g/mol. The van der Waals surface area contributed by atoms with E-state index in [0.717, 1.165) is 12.8 Å². The average Bonchev–Trinajstić information content (AvgIpc) is 2.50. The Kier molecular flexibility index (Phi) is 9.66. The maximum absolute atomic E-state index is 11.1. The predicted molar refractivity (Wildman–Crippen MR) is 90.5 cm³/mol. The van der Waals surface area contributed by atoms with Crippen LogP contribution in [0, 0.1) is 11.8 Å². The lowest BCUT2D eigenvalue weighted by Crippen LogP contribution is -2.11. The molecule has 0 amide bonds. The third-order valence-corrected chi connectivity index (χ3v) is 3.63. The lowest BCUT2D eigenvalue weighted by atomic mass is 10.1. The summed E-state index contributed by atoms with van der Waals surface area (Å²) in [6.07, 6.45) is 2.05. The highest BCUT2D eigenvalue weighted by Gasteiger charge is 2.13. The van der Waals surface area contributed by atoms with Crippen molar-refractivity contribution in [2.24, 2.45) is 11.8 Å². The van der Waals surface area contributed by atoms with E-state index in [1.807, 2.05) is 0 Å². The second kappa shape index (κ2) is 10.3. The predicted octanol–water partition coefficient (Wildman–Crippen LogP) is 4.66. The molecule has 0 saturated carbocycles. The molecule has 0 aliphatic rings. The van der Waals surface area contributed by atoms with Gasteiger partial charge in [0.25, 0.3) is 0 Å². The molecule has 0 radical (unpaired) electrons. The Morgan fingerprint density at radius 2 is 1.55 bits per heavy atom. The minimum absolute atomic E-state index is 0. The third kappa shape index (κ3) is 6.56. The van der Waals surface area contributed by atoms with Gasteiger partial charge in [-0.1, -0.05) is 40.5 Å². The molecule has 0 unspecified atom stereocenters. The molecule has 0 aliphatic heterocycles. The van der Waals surface area contributed by atoms with E-state index < -0.39 is 5.97 Å². The summed E-state index contributed by atoms with van der Waals surface area (Å²) in [5.41, 5.74) is 0.213. The second-order valence-electron chi connectivity index (χ2n) is 5.62. The van der Waals surface area contributed by atoms with Crippen molar-refractivity contribution >= 4 is 18.4 Å². The summed E-state index contributed by atoms with van der Waals surface area (Å²) in [5.74, 6) is 1.03. The summed E-state index contributed by atoms with van der Waals surface area (Å²) in [7, 11) is 0. The molecule has 1 rings (SSSR count). The van der Waals surface area contributed by atoms with Crippen LogP contribution in [0.3, 0.4) is 0 Å². The molecule has 0 saturated heterocycles. The number of benzene rings is 1. The zero-order valence-corrected chi connectivity index (χ0v) is 14.6. The van der Waals surface area contributed by atoms with Crippen molar-refractivity contribution in [1.29, 1.82) is 0 Å². The molecule has 0 aromatic heterocycles. The number of aromatic carboxylic acids is 1. The van der Waals surface area contributed by atoms with E-state index in [-0.39, 0.29) is 18.0 Å². The Hall–Kier alpha value is -1.42. The van der Waals surface area contributed by atoms with Gasteiger partial charge in [-0.3, -0.25) is 0 Å². The van der Waals surface area contributed by atoms with Crippen LogP contribution in [0.1, 0.15) is 50.9 Å². The summed E-state index contributed by atoms with van der Waals surface area (Å²) >= 11 is 0. The summed E-state index contributed by atoms with van der Waals surface area (Å²) in [6, 6.07) is 4.76. The first-order valence-electron chi connectivity index (χ1n) is 7.60. The highest BCUT2D eigenvalue weighted by atomic mass is 35.5. The number of rotatable bonds is 9. The van der Waals surface area contributed by atoms with Crippen LogP contribution < -0.4 is 9.47 Å². The zero-order chi connectivity index (χ0) is 15.8. The van der Waals surface area contributed by atoms with E-state index in [1.165, 1.54) is 6.07 Å². The molecule has 0 bridgehead atoms. The maximum Gasteiger partial charge on any atom is 0.335 e. The van der Waals surface area contributed by atoms with Crippen LogP contribution in [0.5, 0.6) is 11.5 Å². The molecule has 4 nitrogen and oxygen atoms in total. The lowest BCUT2D eigenvalue weighted by molar-refractivity contribution is 0.0696. The van der Waals surface area contributed by atoms with Crippen molar-refractivity contribution in [3.8, 4) is 11.5 Å². The van der Waals surface area contributed by atoms with Crippen LogP contribution in [0.15, 0.2) is 18.2 Å². The molecule has 0 spiro atoms. The SMILES string of the molecule is CC[C@@H](C)COc1ccc(C(=O)O)cc1OC[C@H](C)CC.Cl. The maximum atomic E-state index is 11.1. The topological polar surface area (TPSA) is 55.8 Å². The van der Waals surface area contributed by atoms with Crippen molar-refractivity contribution in [2.45, 2.75) is 40.5 Å². The molecule has 1 aromatic carbocycles. The number of hydrogen-bond donors (Lipinski definition) is 1.